The van der Waals surface area contributed by atoms with Crippen molar-refractivity contribution in [3.05, 3.63) is 71.4 Å². The summed E-state index contributed by atoms with van der Waals surface area (Å²) in [5.74, 6) is -0.762. The second-order valence-corrected chi connectivity index (χ2v) is 7.70. The smallest absolute Gasteiger partial charge is 0.328 e. The number of methoxy groups -OCH3 is 1. The lowest BCUT2D eigenvalue weighted by atomic mass is 10.0. The van der Waals surface area contributed by atoms with Crippen LogP contribution in [0.3, 0.4) is 0 Å². The number of para-hydroxylation sites is 1. The number of ether oxygens (including phenoxy) is 2. The van der Waals surface area contributed by atoms with Crippen LogP contribution in [0.4, 0.5) is 0 Å². The Morgan fingerprint density at radius 3 is 2.77 bits per heavy atom. The SMILES string of the molecule is COC(=O)[C@@H](Cc1c[nH]c2ccccc12)NC(=O)c1cccc(CN2CCOCC2)c1. The van der Waals surface area contributed by atoms with Gasteiger partial charge in [0.2, 0.25) is 0 Å². The normalized spacial score (nSPS) is 15.5. The van der Waals surface area contributed by atoms with Gasteiger partial charge in [-0.2, -0.15) is 0 Å². The third-order valence-corrected chi connectivity index (χ3v) is 5.59. The van der Waals surface area contributed by atoms with E-state index < -0.39 is 12.0 Å². The summed E-state index contributed by atoms with van der Waals surface area (Å²) in [7, 11) is 1.33. The molecule has 0 saturated carbocycles. The molecule has 2 heterocycles. The number of hydrogen-bond donors (Lipinski definition) is 2. The molecule has 4 rings (SSSR count). The molecule has 1 fully saturated rings. The van der Waals surface area contributed by atoms with Crippen molar-refractivity contribution in [3.63, 3.8) is 0 Å². The quantitative estimate of drug-likeness (QED) is 0.573. The summed E-state index contributed by atoms with van der Waals surface area (Å²) in [6.45, 7) is 3.99. The molecule has 31 heavy (non-hydrogen) atoms. The molecule has 0 spiro atoms. The van der Waals surface area contributed by atoms with Crippen molar-refractivity contribution < 1.29 is 19.1 Å². The number of aromatic nitrogens is 1. The monoisotopic (exact) mass is 421 g/mol. The highest BCUT2D eigenvalue weighted by molar-refractivity contribution is 5.97. The third-order valence-electron chi connectivity index (χ3n) is 5.59. The highest BCUT2D eigenvalue weighted by atomic mass is 16.5. The maximum absolute atomic E-state index is 13.0. The van der Waals surface area contributed by atoms with Crippen molar-refractivity contribution in [2.45, 2.75) is 19.0 Å². The van der Waals surface area contributed by atoms with Gasteiger partial charge >= 0.3 is 5.97 Å². The van der Waals surface area contributed by atoms with Gasteiger partial charge in [-0.1, -0.05) is 30.3 Å². The Hall–Kier alpha value is -3.16. The first-order valence-corrected chi connectivity index (χ1v) is 10.5. The first kappa shape index (κ1) is 21.1. The van der Waals surface area contributed by atoms with E-state index in [0.717, 1.165) is 54.9 Å². The molecule has 1 aromatic heterocycles. The second-order valence-electron chi connectivity index (χ2n) is 7.70. The molecular weight excluding hydrogens is 394 g/mol. The second kappa shape index (κ2) is 9.76. The Balaban J connectivity index is 1.47. The van der Waals surface area contributed by atoms with Crippen LogP contribution in [-0.2, 0) is 27.2 Å². The molecular formula is C24H27N3O4. The lowest BCUT2D eigenvalue weighted by molar-refractivity contribution is -0.142. The molecule has 0 radical (unpaired) electrons. The summed E-state index contributed by atoms with van der Waals surface area (Å²) in [6, 6.07) is 14.6. The van der Waals surface area contributed by atoms with Gasteiger partial charge < -0.3 is 19.8 Å². The molecule has 7 heteroatoms. The van der Waals surface area contributed by atoms with Crippen LogP contribution in [0, 0.1) is 0 Å². The number of fused-ring (bicyclic) bond motifs is 1. The van der Waals surface area contributed by atoms with E-state index >= 15 is 0 Å². The molecule has 2 N–H and O–H groups in total. The fraction of sp³-hybridized carbons (Fsp3) is 0.333. The van der Waals surface area contributed by atoms with Crippen LogP contribution in [0.1, 0.15) is 21.5 Å². The maximum Gasteiger partial charge on any atom is 0.328 e. The minimum Gasteiger partial charge on any atom is -0.467 e. The van der Waals surface area contributed by atoms with Gasteiger partial charge in [-0.05, 0) is 29.3 Å². The number of esters is 1. The third kappa shape index (κ3) is 5.13. The fourth-order valence-electron chi connectivity index (χ4n) is 3.93. The molecule has 2 aromatic carbocycles. The Bertz CT molecular complexity index is 1060. The molecule has 0 bridgehead atoms. The zero-order valence-corrected chi connectivity index (χ0v) is 17.6. The molecule has 0 unspecified atom stereocenters. The number of H-pyrrole nitrogens is 1. The number of rotatable bonds is 7. The topological polar surface area (TPSA) is 83.7 Å². The number of morpholine rings is 1. The van der Waals surface area contributed by atoms with Gasteiger partial charge in [-0.3, -0.25) is 9.69 Å². The first-order valence-electron chi connectivity index (χ1n) is 10.5. The lowest BCUT2D eigenvalue weighted by Gasteiger charge is -2.26. The zero-order chi connectivity index (χ0) is 21.6. The lowest BCUT2D eigenvalue weighted by Crippen LogP contribution is -2.43. The van der Waals surface area contributed by atoms with E-state index in [9.17, 15) is 9.59 Å². The van der Waals surface area contributed by atoms with Gasteiger partial charge in [0, 0.05) is 48.7 Å². The summed E-state index contributed by atoms with van der Waals surface area (Å²) in [6.07, 6.45) is 2.21. The molecule has 0 aliphatic carbocycles. The summed E-state index contributed by atoms with van der Waals surface area (Å²) in [5.41, 5.74) is 3.52. The number of carbonyl (C=O) groups excluding carboxylic acids is 2. The van der Waals surface area contributed by atoms with Crippen molar-refractivity contribution in [1.29, 1.82) is 0 Å². The number of hydrogen-bond acceptors (Lipinski definition) is 5. The van der Waals surface area contributed by atoms with Gasteiger partial charge in [0.1, 0.15) is 6.04 Å². The largest absolute Gasteiger partial charge is 0.467 e. The Labute approximate surface area is 181 Å². The maximum atomic E-state index is 13.0. The minimum absolute atomic E-state index is 0.293. The standard InChI is InChI=1S/C24H27N3O4/c1-30-24(29)22(14-19-15-25-21-8-3-2-7-20(19)21)26-23(28)18-6-4-5-17(13-18)16-27-9-11-31-12-10-27/h2-8,13,15,22,25H,9-12,14,16H2,1H3,(H,26,28)/t22-/m1/s1. The zero-order valence-electron chi connectivity index (χ0n) is 17.6. The van der Waals surface area contributed by atoms with Crippen molar-refractivity contribution >= 4 is 22.8 Å². The van der Waals surface area contributed by atoms with Crippen LogP contribution < -0.4 is 5.32 Å². The molecule has 3 aromatic rings. The van der Waals surface area contributed by atoms with E-state index in [1.165, 1.54) is 7.11 Å². The molecule has 1 atom stereocenters. The van der Waals surface area contributed by atoms with E-state index in [-0.39, 0.29) is 5.91 Å². The van der Waals surface area contributed by atoms with Gasteiger partial charge in [0.15, 0.2) is 0 Å². The van der Waals surface area contributed by atoms with E-state index in [0.29, 0.717) is 12.0 Å². The average molecular weight is 421 g/mol. The molecule has 1 amide bonds. The molecule has 1 aliphatic rings. The van der Waals surface area contributed by atoms with Gasteiger partial charge in [-0.15, -0.1) is 0 Å². The van der Waals surface area contributed by atoms with Crippen LogP contribution in [0.2, 0.25) is 0 Å². The Morgan fingerprint density at radius 2 is 1.97 bits per heavy atom. The number of nitrogens with zero attached hydrogens (tertiary/aromatic N) is 1. The number of aromatic amines is 1. The summed E-state index contributed by atoms with van der Waals surface area (Å²) in [5, 5.41) is 3.88. The van der Waals surface area contributed by atoms with Gasteiger partial charge in [-0.25, -0.2) is 4.79 Å². The molecule has 1 saturated heterocycles. The number of carbonyl (C=O) groups is 2. The van der Waals surface area contributed by atoms with Gasteiger partial charge in [0.25, 0.3) is 5.91 Å². The van der Waals surface area contributed by atoms with Crippen molar-refractivity contribution in [1.82, 2.24) is 15.2 Å². The first-order chi connectivity index (χ1) is 15.1. The summed E-state index contributed by atoms with van der Waals surface area (Å²) < 4.78 is 10.3. The number of amides is 1. The van der Waals surface area contributed by atoms with Crippen LogP contribution in [0.5, 0.6) is 0 Å². The van der Waals surface area contributed by atoms with Crippen molar-refractivity contribution in [2.24, 2.45) is 0 Å². The van der Waals surface area contributed by atoms with Crippen LogP contribution in [0.25, 0.3) is 10.9 Å². The van der Waals surface area contributed by atoms with E-state index in [4.69, 9.17) is 9.47 Å². The van der Waals surface area contributed by atoms with Gasteiger partial charge in [0.05, 0.1) is 20.3 Å². The predicted octanol–water partition coefficient (Wildman–Crippen LogP) is 2.51. The van der Waals surface area contributed by atoms with Crippen LogP contribution in [-0.4, -0.2) is 61.2 Å². The fourth-order valence-corrected chi connectivity index (χ4v) is 3.93. The minimum atomic E-state index is -0.778. The molecule has 162 valence electrons. The van der Waals surface area contributed by atoms with Crippen LogP contribution >= 0.6 is 0 Å². The molecule has 7 nitrogen and oxygen atoms in total. The number of nitrogens with one attached hydrogen (secondary N) is 2. The van der Waals surface area contributed by atoms with E-state index in [1.54, 1.807) is 6.07 Å². The van der Waals surface area contributed by atoms with E-state index in [1.807, 2.05) is 48.7 Å². The Morgan fingerprint density at radius 1 is 1.16 bits per heavy atom. The van der Waals surface area contributed by atoms with Crippen LogP contribution in [0.15, 0.2) is 54.7 Å². The molecule has 1 aliphatic heterocycles. The van der Waals surface area contributed by atoms with E-state index in [2.05, 4.69) is 15.2 Å². The highest BCUT2D eigenvalue weighted by Gasteiger charge is 2.24. The summed E-state index contributed by atoms with van der Waals surface area (Å²) >= 11 is 0. The van der Waals surface area contributed by atoms with Crippen molar-refractivity contribution in [2.75, 3.05) is 33.4 Å². The average Bonchev–Trinajstić information content (AvgIpc) is 3.22. The Kier molecular flexibility index (Phi) is 6.64. The van der Waals surface area contributed by atoms with Crippen molar-refractivity contribution in [3.8, 4) is 0 Å². The summed E-state index contributed by atoms with van der Waals surface area (Å²) in [4.78, 5) is 30.9. The highest BCUT2D eigenvalue weighted by Crippen LogP contribution is 2.20. The number of benzene rings is 2. The predicted molar refractivity (Wildman–Crippen MR) is 118 cm³/mol.